The SMILES string of the molecule is CC(=O)C(N)c1cccc(O)c1C. The van der Waals surface area contributed by atoms with E-state index in [0.29, 0.717) is 11.1 Å². The standard InChI is InChI=1S/C10H13NO2/c1-6-8(10(11)7(2)12)4-3-5-9(6)13/h3-5,10,13H,11H2,1-2H3. The van der Waals surface area contributed by atoms with Crippen LogP contribution in [-0.4, -0.2) is 10.9 Å². The lowest BCUT2D eigenvalue weighted by atomic mass is 9.99. The molecule has 70 valence electrons. The fourth-order valence-electron chi connectivity index (χ4n) is 1.20. The molecule has 0 aromatic heterocycles. The number of hydrogen-bond donors (Lipinski definition) is 2. The minimum atomic E-state index is -0.632. The van der Waals surface area contributed by atoms with Gasteiger partial charge in [0.25, 0.3) is 0 Å². The van der Waals surface area contributed by atoms with E-state index in [-0.39, 0.29) is 11.5 Å². The molecule has 1 aromatic rings. The zero-order valence-electron chi connectivity index (χ0n) is 7.74. The quantitative estimate of drug-likeness (QED) is 0.719. The van der Waals surface area contributed by atoms with E-state index in [2.05, 4.69) is 0 Å². The Morgan fingerprint density at radius 1 is 1.54 bits per heavy atom. The number of phenols is 1. The van der Waals surface area contributed by atoms with Gasteiger partial charge in [-0.3, -0.25) is 4.79 Å². The number of nitrogens with two attached hydrogens (primary N) is 1. The van der Waals surface area contributed by atoms with Crippen LogP contribution in [0.3, 0.4) is 0 Å². The molecule has 0 fully saturated rings. The average molecular weight is 179 g/mol. The predicted molar refractivity (Wildman–Crippen MR) is 50.5 cm³/mol. The third-order valence-corrected chi connectivity index (χ3v) is 2.12. The molecule has 0 saturated carbocycles. The normalized spacial score (nSPS) is 12.5. The topological polar surface area (TPSA) is 63.3 Å². The first-order valence-corrected chi connectivity index (χ1v) is 4.08. The molecule has 0 heterocycles. The van der Waals surface area contributed by atoms with E-state index >= 15 is 0 Å². The van der Waals surface area contributed by atoms with Crippen LogP contribution in [0.5, 0.6) is 5.75 Å². The second-order valence-electron chi connectivity index (χ2n) is 3.08. The average Bonchev–Trinajstić information content (AvgIpc) is 2.08. The smallest absolute Gasteiger partial charge is 0.150 e. The molecule has 1 aromatic carbocycles. The highest BCUT2D eigenvalue weighted by atomic mass is 16.3. The molecule has 3 heteroatoms. The molecule has 0 aliphatic heterocycles. The maximum Gasteiger partial charge on any atom is 0.150 e. The highest BCUT2D eigenvalue weighted by Gasteiger charge is 2.14. The summed E-state index contributed by atoms with van der Waals surface area (Å²) in [5.41, 5.74) is 7.01. The molecule has 0 amide bonds. The zero-order chi connectivity index (χ0) is 10.0. The summed E-state index contributed by atoms with van der Waals surface area (Å²) in [7, 11) is 0. The first kappa shape index (κ1) is 9.74. The van der Waals surface area contributed by atoms with Crippen LogP contribution in [0.2, 0.25) is 0 Å². The Hall–Kier alpha value is -1.35. The number of carbonyl (C=O) groups is 1. The van der Waals surface area contributed by atoms with E-state index in [1.165, 1.54) is 6.92 Å². The number of hydrogen-bond acceptors (Lipinski definition) is 3. The summed E-state index contributed by atoms with van der Waals surface area (Å²) < 4.78 is 0. The van der Waals surface area contributed by atoms with Crippen molar-refractivity contribution in [2.75, 3.05) is 0 Å². The zero-order valence-corrected chi connectivity index (χ0v) is 7.74. The van der Waals surface area contributed by atoms with Crippen molar-refractivity contribution in [2.45, 2.75) is 19.9 Å². The third-order valence-electron chi connectivity index (χ3n) is 2.12. The highest BCUT2D eigenvalue weighted by molar-refractivity contribution is 5.83. The lowest BCUT2D eigenvalue weighted by Crippen LogP contribution is -2.19. The molecule has 0 saturated heterocycles. The number of rotatable bonds is 2. The summed E-state index contributed by atoms with van der Waals surface area (Å²) >= 11 is 0. The van der Waals surface area contributed by atoms with Crippen molar-refractivity contribution in [1.82, 2.24) is 0 Å². The summed E-state index contributed by atoms with van der Waals surface area (Å²) in [5, 5.41) is 9.36. The number of benzene rings is 1. The van der Waals surface area contributed by atoms with E-state index in [9.17, 15) is 9.90 Å². The summed E-state index contributed by atoms with van der Waals surface area (Å²) in [6, 6.07) is 4.37. The van der Waals surface area contributed by atoms with Crippen LogP contribution < -0.4 is 5.73 Å². The van der Waals surface area contributed by atoms with Gasteiger partial charge in [0.05, 0.1) is 6.04 Å². The first-order valence-electron chi connectivity index (χ1n) is 4.08. The second kappa shape index (κ2) is 3.58. The molecule has 1 atom stereocenters. The highest BCUT2D eigenvalue weighted by Crippen LogP contribution is 2.23. The summed E-state index contributed by atoms with van der Waals surface area (Å²) in [6.45, 7) is 3.18. The van der Waals surface area contributed by atoms with Gasteiger partial charge in [0.15, 0.2) is 5.78 Å². The molecule has 0 spiro atoms. The van der Waals surface area contributed by atoms with Crippen LogP contribution in [0.4, 0.5) is 0 Å². The Balaban J connectivity index is 3.15. The molecular formula is C10H13NO2. The predicted octanol–water partition coefficient (Wildman–Crippen LogP) is 1.29. The van der Waals surface area contributed by atoms with Gasteiger partial charge < -0.3 is 10.8 Å². The van der Waals surface area contributed by atoms with Crippen LogP contribution in [0.1, 0.15) is 24.1 Å². The summed E-state index contributed by atoms with van der Waals surface area (Å²) in [6.07, 6.45) is 0. The van der Waals surface area contributed by atoms with E-state index in [1.54, 1.807) is 25.1 Å². The summed E-state index contributed by atoms with van der Waals surface area (Å²) in [4.78, 5) is 11.0. The van der Waals surface area contributed by atoms with Crippen LogP contribution in [0.15, 0.2) is 18.2 Å². The van der Waals surface area contributed by atoms with E-state index in [4.69, 9.17) is 5.73 Å². The number of phenolic OH excluding ortho intramolecular Hbond substituents is 1. The van der Waals surface area contributed by atoms with Crippen molar-refractivity contribution in [3.05, 3.63) is 29.3 Å². The largest absolute Gasteiger partial charge is 0.508 e. The minimum Gasteiger partial charge on any atom is -0.508 e. The minimum absolute atomic E-state index is 0.103. The van der Waals surface area contributed by atoms with E-state index in [1.807, 2.05) is 0 Å². The fraction of sp³-hybridized carbons (Fsp3) is 0.300. The van der Waals surface area contributed by atoms with Crippen molar-refractivity contribution >= 4 is 5.78 Å². The monoisotopic (exact) mass is 179 g/mol. The van der Waals surface area contributed by atoms with Gasteiger partial charge >= 0.3 is 0 Å². The van der Waals surface area contributed by atoms with Gasteiger partial charge in [0.1, 0.15) is 5.75 Å². The van der Waals surface area contributed by atoms with Crippen molar-refractivity contribution in [1.29, 1.82) is 0 Å². The van der Waals surface area contributed by atoms with Crippen molar-refractivity contribution in [2.24, 2.45) is 5.73 Å². The number of carbonyl (C=O) groups excluding carboxylic acids is 1. The molecule has 3 nitrogen and oxygen atoms in total. The maximum atomic E-state index is 11.0. The Labute approximate surface area is 77.2 Å². The van der Waals surface area contributed by atoms with E-state index < -0.39 is 6.04 Å². The molecule has 3 N–H and O–H groups in total. The van der Waals surface area contributed by atoms with Gasteiger partial charge in [-0.05, 0) is 31.0 Å². The Bertz CT molecular complexity index is 334. The van der Waals surface area contributed by atoms with Crippen LogP contribution in [0, 0.1) is 6.92 Å². The first-order chi connectivity index (χ1) is 6.04. The van der Waals surface area contributed by atoms with Crippen LogP contribution >= 0.6 is 0 Å². The maximum absolute atomic E-state index is 11.0. The van der Waals surface area contributed by atoms with Crippen molar-refractivity contribution in [3.63, 3.8) is 0 Å². The van der Waals surface area contributed by atoms with Crippen molar-refractivity contribution < 1.29 is 9.90 Å². The molecule has 13 heavy (non-hydrogen) atoms. The fourth-order valence-corrected chi connectivity index (χ4v) is 1.20. The molecule has 0 bridgehead atoms. The van der Waals surface area contributed by atoms with Crippen molar-refractivity contribution in [3.8, 4) is 5.75 Å². The number of aromatic hydroxyl groups is 1. The van der Waals surface area contributed by atoms with Gasteiger partial charge in [0, 0.05) is 0 Å². The van der Waals surface area contributed by atoms with Gasteiger partial charge in [0.2, 0.25) is 0 Å². The van der Waals surface area contributed by atoms with Crippen LogP contribution in [-0.2, 0) is 4.79 Å². The molecule has 0 aliphatic rings. The molecular weight excluding hydrogens is 166 g/mol. The Morgan fingerprint density at radius 3 is 2.69 bits per heavy atom. The molecule has 0 radical (unpaired) electrons. The molecule has 0 aliphatic carbocycles. The Kier molecular flexibility index (Phi) is 2.68. The van der Waals surface area contributed by atoms with Gasteiger partial charge in [-0.2, -0.15) is 0 Å². The molecule has 1 unspecified atom stereocenters. The number of Topliss-reactive ketones (excluding diaryl/α,β-unsaturated/α-hetero) is 1. The second-order valence-corrected chi connectivity index (χ2v) is 3.08. The number of ketones is 1. The van der Waals surface area contributed by atoms with Gasteiger partial charge in [-0.15, -0.1) is 0 Å². The molecule has 1 rings (SSSR count). The van der Waals surface area contributed by atoms with Gasteiger partial charge in [-0.25, -0.2) is 0 Å². The third kappa shape index (κ3) is 1.87. The lowest BCUT2D eigenvalue weighted by molar-refractivity contribution is -0.118. The van der Waals surface area contributed by atoms with Gasteiger partial charge in [-0.1, -0.05) is 12.1 Å². The lowest BCUT2D eigenvalue weighted by Gasteiger charge is -2.12. The van der Waals surface area contributed by atoms with Crippen LogP contribution in [0.25, 0.3) is 0 Å². The van der Waals surface area contributed by atoms with E-state index in [0.717, 1.165) is 0 Å². The summed E-state index contributed by atoms with van der Waals surface area (Å²) in [5.74, 6) is 0.0721. The Morgan fingerprint density at radius 2 is 2.15 bits per heavy atom.